The van der Waals surface area contributed by atoms with Gasteiger partial charge >= 0.3 is 0 Å². The molecule has 27 heavy (non-hydrogen) atoms. The van der Waals surface area contributed by atoms with Gasteiger partial charge in [-0.05, 0) is 58.0 Å². The molecule has 1 amide bonds. The molecule has 0 unspecified atom stereocenters. The molecule has 3 rings (SSSR count). The number of phenolic OH excluding ortho intramolecular Hbond substituents is 1. The maximum atomic E-state index is 12.1. The molecule has 7 nitrogen and oxygen atoms in total. The third-order valence-electron chi connectivity index (χ3n) is 3.98. The first-order valence-corrected chi connectivity index (χ1v) is 9.26. The second-order valence-electron chi connectivity index (χ2n) is 6.30. The number of benzene rings is 1. The molecule has 0 radical (unpaired) electrons. The molecule has 8 heteroatoms. The van der Waals surface area contributed by atoms with Gasteiger partial charge in [0.05, 0.1) is 22.0 Å². The molecule has 1 aromatic carbocycles. The van der Waals surface area contributed by atoms with Gasteiger partial charge in [0.25, 0.3) is 5.91 Å². The lowest BCUT2D eigenvalue weighted by Crippen LogP contribution is -2.25. The Labute approximate surface area is 161 Å². The minimum atomic E-state index is -0.235. The van der Waals surface area contributed by atoms with Crippen molar-refractivity contribution in [3.63, 3.8) is 0 Å². The van der Waals surface area contributed by atoms with Gasteiger partial charge in [-0.2, -0.15) is 10.2 Å². The van der Waals surface area contributed by atoms with Crippen LogP contribution in [0.15, 0.2) is 35.4 Å². The summed E-state index contributed by atoms with van der Waals surface area (Å²) >= 11 is 1.50. The summed E-state index contributed by atoms with van der Waals surface area (Å²) in [5.41, 5.74) is 6.85. The Hall–Kier alpha value is -3.00. The SMILES string of the molecule is C/C(=N\NC(=O)Cn1nc(C)cc1C)c1sc(-c2ccc(O)cc2)nc1C. The molecule has 0 saturated carbocycles. The number of thiazole rings is 1. The van der Waals surface area contributed by atoms with E-state index in [9.17, 15) is 9.90 Å². The van der Waals surface area contributed by atoms with Crippen molar-refractivity contribution >= 4 is 23.0 Å². The van der Waals surface area contributed by atoms with Gasteiger partial charge in [-0.25, -0.2) is 10.4 Å². The summed E-state index contributed by atoms with van der Waals surface area (Å²) in [4.78, 5) is 17.6. The zero-order valence-corrected chi connectivity index (χ0v) is 16.5. The molecule has 0 fully saturated rings. The van der Waals surface area contributed by atoms with Crippen molar-refractivity contribution in [2.24, 2.45) is 5.10 Å². The lowest BCUT2D eigenvalue weighted by atomic mass is 10.2. The summed E-state index contributed by atoms with van der Waals surface area (Å²) in [5.74, 6) is -0.0169. The monoisotopic (exact) mass is 383 g/mol. The lowest BCUT2D eigenvalue weighted by molar-refractivity contribution is -0.121. The van der Waals surface area contributed by atoms with E-state index in [2.05, 4.69) is 20.6 Å². The number of aryl methyl sites for hydroxylation is 3. The fraction of sp³-hybridized carbons (Fsp3) is 0.263. The predicted octanol–water partition coefficient (Wildman–Crippen LogP) is 3.18. The van der Waals surface area contributed by atoms with E-state index in [1.165, 1.54) is 11.3 Å². The molecule has 0 saturated heterocycles. The Morgan fingerprint density at radius 1 is 1.26 bits per heavy atom. The highest BCUT2D eigenvalue weighted by Crippen LogP contribution is 2.29. The first-order chi connectivity index (χ1) is 12.8. The average molecular weight is 383 g/mol. The fourth-order valence-corrected chi connectivity index (χ4v) is 3.68. The molecule has 0 aliphatic rings. The summed E-state index contributed by atoms with van der Waals surface area (Å²) in [6.07, 6.45) is 0. The van der Waals surface area contributed by atoms with Crippen LogP contribution in [0.1, 0.15) is 28.9 Å². The van der Waals surface area contributed by atoms with Gasteiger partial charge in [0.15, 0.2) is 0 Å². The summed E-state index contributed by atoms with van der Waals surface area (Å²) in [5, 5.41) is 18.7. The third-order valence-corrected chi connectivity index (χ3v) is 5.30. The number of hydrazone groups is 1. The van der Waals surface area contributed by atoms with Crippen LogP contribution in [0.5, 0.6) is 5.75 Å². The second-order valence-corrected chi connectivity index (χ2v) is 7.30. The molecular weight excluding hydrogens is 362 g/mol. The standard InChI is InChI=1S/C19H21N5O2S/c1-11-9-12(2)24(23-11)10-17(26)22-21-14(4)18-13(3)20-19(27-18)15-5-7-16(25)8-6-15/h5-9,25H,10H2,1-4H3,(H,22,26)/b21-14+. The van der Waals surface area contributed by atoms with Crippen LogP contribution in [0.3, 0.4) is 0 Å². The highest BCUT2D eigenvalue weighted by atomic mass is 32.1. The van der Waals surface area contributed by atoms with Crippen LogP contribution < -0.4 is 5.43 Å². The topological polar surface area (TPSA) is 92.4 Å². The zero-order chi connectivity index (χ0) is 19.6. The summed E-state index contributed by atoms with van der Waals surface area (Å²) < 4.78 is 1.65. The Morgan fingerprint density at radius 2 is 1.96 bits per heavy atom. The van der Waals surface area contributed by atoms with Crippen molar-refractivity contribution in [2.45, 2.75) is 34.2 Å². The number of hydrogen-bond acceptors (Lipinski definition) is 6. The van der Waals surface area contributed by atoms with Gasteiger partial charge in [0, 0.05) is 11.3 Å². The van der Waals surface area contributed by atoms with Crippen LogP contribution in [-0.4, -0.2) is 31.5 Å². The van der Waals surface area contributed by atoms with Gasteiger partial charge in [0.2, 0.25) is 0 Å². The molecule has 0 aliphatic carbocycles. The summed E-state index contributed by atoms with van der Waals surface area (Å²) in [6, 6.07) is 8.82. The Balaban J connectivity index is 1.71. The van der Waals surface area contributed by atoms with Crippen molar-refractivity contribution in [3.05, 3.63) is 52.3 Å². The lowest BCUT2D eigenvalue weighted by Gasteiger charge is -2.04. The second kappa shape index (κ2) is 7.71. The Bertz CT molecular complexity index is 1000. The maximum Gasteiger partial charge on any atom is 0.261 e. The van der Waals surface area contributed by atoms with Crippen LogP contribution in [0, 0.1) is 20.8 Å². The van der Waals surface area contributed by atoms with Crippen molar-refractivity contribution in [2.75, 3.05) is 0 Å². The number of phenols is 1. The highest BCUT2D eigenvalue weighted by molar-refractivity contribution is 7.17. The van der Waals surface area contributed by atoms with Crippen LogP contribution in [0.25, 0.3) is 10.6 Å². The van der Waals surface area contributed by atoms with E-state index in [-0.39, 0.29) is 18.2 Å². The number of carbonyl (C=O) groups is 1. The average Bonchev–Trinajstić information content (AvgIpc) is 3.15. The number of carbonyl (C=O) groups excluding carboxylic acids is 1. The molecule has 3 aromatic rings. The van der Waals surface area contributed by atoms with Crippen LogP contribution in [0.2, 0.25) is 0 Å². The van der Waals surface area contributed by atoms with Crippen molar-refractivity contribution in [3.8, 4) is 16.3 Å². The van der Waals surface area contributed by atoms with Gasteiger partial charge in [-0.3, -0.25) is 9.48 Å². The van der Waals surface area contributed by atoms with Gasteiger partial charge < -0.3 is 5.11 Å². The van der Waals surface area contributed by atoms with Crippen molar-refractivity contribution in [1.82, 2.24) is 20.2 Å². The molecule has 0 spiro atoms. The van der Waals surface area contributed by atoms with E-state index in [4.69, 9.17) is 0 Å². The Morgan fingerprint density at radius 3 is 2.59 bits per heavy atom. The van der Waals surface area contributed by atoms with Crippen LogP contribution >= 0.6 is 11.3 Å². The normalized spacial score (nSPS) is 11.6. The quantitative estimate of drug-likeness (QED) is 0.523. The summed E-state index contributed by atoms with van der Waals surface area (Å²) in [6.45, 7) is 7.67. The van der Waals surface area contributed by atoms with E-state index in [1.54, 1.807) is 16.8 Å². The van der Waals surface area contributed by atoms with Crippen LogP contribution in [-0.2, 0) is 11.3 Å². The minimum absolute atomic E-state index is 0.122. The molecule has 0 bridgehead atoms. The minimum Gasteiger partial charge on any atom is -0.508 e. The van der Waals surface area contributed by atoms with Gasteiger partial charge in [-0.15, -0.1) is 11.3 Å². The van der Waals surface area contributed by atoms with E-state index in [0.29, 0.717) is 5.71 Å². The zero-order valence-electron chi connectivity index (χ0n) is 15.6. The van der Waals surface area contributed by atoms with E-state index < -0.39 is 0 Å². The van der Waals surface area contributed by atoms with Crippen molar-refractivity contribution in [1.29, 1.82) is 0 Å². The first kappa shape index (κ1) is 18.8. The van der Waals surface area contributed by atoms with E-state index in [0.717, 1.165) is 32.5 Å². The number of aromatic nitrogens is 3. The number of nitrogens with one attached hydrogen (secondary N) is 1. The number of hydrogen-bond donors (Lipinski definition) is 2. The van der Waals surface area contributed by atoms with Crippen LogP contribution in [0.4, 0.5) is 0 Å². The molecule has 2 aromatic heterocycles. The largest absolute Gasteiger partial charge is 0.508 e. The maximum absolute atomic E-state index is 12.1. The summed E-state index contributed by atoms with van der Waals surface area (Å²) in [7, 11) is 0. The number of aromatic hydroxyl groups is 1. The highest BCUT2D eigenvalue weighted by Gasteiger charge is 2.13. The van der Waals surface area contributed by atoms with Gasteiger partial charge in [-0.1, -0.05) is 0 Å². The molecule has 2 N–H and O–H groups in total. The van der Waals surface area contributed by atoms with Crippen molar-refractivity contribution < 1.29 is 9.90 Å². The molecule has 2 heterocycles. The molecule has 0 atom stereocenters. The molecular formula is C19H21N5O2S. The predicted molar refractivity (Wildman–Crippen MR) is 106 cm³/mol. The molecule has 140 valence electrons. The van der Waals surface area contributed by atoms with E-state index >= 15 is 0 Å². The molecule has 0 aliphatic heterocycles. The number of nitrogens with zero attached hydrogens (tertiary/aromatic N) is 4. The first-order valence-electron chi connectivity index (χ1n) is 8.45. The fourth-order valence-electron chi connectivity index (χ4n) is 2.66. The Kier molecular flexibility index (Phi) is 5.36. The number of amides is 1. The third kappa shape index (κ3) is 4.40. The number of rotatable bonds is 5. The van der Waals surface area contributed by atoms with E-state index in [1.807, 2.05) is 45.9 Å². The van der Waals surface area contributed by atoms with Gasteiger partial charge in [0.1, 0.15) is 17.3 Å². The smallest absolute Gasteiger partial charge is 0.261 e.